The first kappa shape index (κ1) is 20.1. The predicted molar refractivity (Wildman–Crippen MR) is 106 cm³/mol. The molecule has 0 bridgehead atoms. The summed E-state index contributed by atoms with van der Waals surface area (Å²) in [5.41, 5.74) is 0.913. The molecule has 1 aromatic carbocycles. The fourth-order valence-electron chi connectivity index (χ4n) is 3.60. The molecule has 0 radical (unpaired) electrons. The average molecular weight is 376 g/mol. The number of nitrogens with zero attached hydrogens (tertiary/aromatic N) is 3. The van der Waals surface area contributed by atoms with Crippen LogP contribution in [0.2, 0.25) is 0 Å². The molecule has 6 heteroatoms. The molecule has 1 amide bonds. The Labute approximate surface area is 163 Å². The van der Waals surface area contributed by atoms with Gasteiger partial charge in [-0.1, -0.05) is 30.3 Å². The number of benzene rings is 1. The Morgan fingerprint density at radius 1 is 1.07 bits per heavy atom. The quantitative estimate of drug-likeness (QED) is 0.809. The molecule has 0 saturated carbocycles. The minimum Gasteiger partial charge on any atom is -0.444 e. The average Bonchev–Trinajstić information content (AvgIpc) is 2.62. The highest BCUT2D eigenvalue weighted by Gasteiger charge is 2.28. The van der Waals surface area contributed by atoms with E-state index in [1.54, 1.807) is 0 Å². The maximum absolute atomic E-state index is 12.2. The largest absolute Gasteiger partial charge is 0.444 e. The molecule has 0 aromatic heterocycles. The van der Waals surface area contributed by atoms with Crippen molar-refractivity contribution >= 4 is 6.09 Å². The van der Waals surface area contributed by atoms with Gasteiger partial charge in [0, 0.05) is 52.4 Å². The van der Waals surface area contributed by atoms with Crippen molar-refractivity contribution in [1.82, 2.24) is 14.7 Å². The second-order valence-corrected chi connectivity index (χ2v) is 8.48. The summed E-state index contributed by atoms with van der Waals surface area (Å²) in [5, 5.41) is 0. The summed E-state index contributed by atoms with van der Waals surface area (Å²) in [6.45, 7) is 13.5. The van der Waals surface area contributed by atoms with Gasteiger partial charge in [0.2, 0.25) is 0 Å². The van der Waals surface area contributed by atoms with E-state index in [1.807, 2.05) is 25.7 Å². The highest BCUT2D eigenvalue weighted by Crippen LogP contribution is 2.14. The molecular formula is C21H33N3O3. The van der Waals surface area contributed by atoms with Gasteiger partial charge in [-0.2, -0.15) is 0 Å². The van der Waals surface area contributed by atoms with Crippen LogP contribution in [0, 0.1) is 0 Å². The Morgan fingerprint density at radius 2 is 1.78 bits per heavy atom. The van der Waals surface area contributed by atoms with Gasteiger partial charge < -0.3 is 14.4 Å². The lowest BCUT2D eigenvalue weighted by Crippen LogP contribution is -2.54. The summed E-state index contributed by atoms with van der Waals surface area (Å²) in [5.74, 6) is 0. The Kier molecular flexibility index (Phi) is 6.73. The van der Waals surface area contributed by atoms with Crippen LogP contribution in [-0.4, -0.2) is 84.9 Å². The van der Waals surface area contributed by atoms with Gasteiger partial charge in [-0.3, -0.25) is 9.80 Å². The van der Waals surface area contributed by atoms with E-state index in [2.05, 4.69) is 40.1 Å². The number of carbonyl (C=O) groups excluding carboxylic acids is 1. The third-order valence-corrected chi connectivity index (χ3v) is 4.96. The molecule has 0 N–H and O–H groups in total. The molecule has 2 fully saturated rings. The van der Waals surface area contributed by atoms with Gasteiger partial charge in [0.25, 0.3) is 0 Å². The molecule has 3 rings (SSSR count). The molecule has 2 saturated heterocycles. The highest BCUT2D eigenvalue weighted by atomic mass is 16.6. The van der Waals surface area contributed by atoms with Crippen LogP contribution in [0.15, 0.2) is 30.3 Å². The van der Waals surface area contributed by atoms with Crippen molar-refractivity contribution in [2.24, 2.45) is 0 Å². The van der Waals surface area contributed by atoms with E-state index in [1.165, 1.54) is 5.56 Å². The molecule has 2 aliphatic heterocycles. The van der Waals surface area contributed by atoms with Gasteiger partial charge in [-0.15, -0.1) is 0 Å². The lowest BCUT2D eigenvalue weighted by molar-refractivity contribution is -0.0513. The zero-order chi connectivity index (χ0) is 19.3. The summed E-state index contributed by atoms with van der Waals surface area (Å²) < 4.78 is 11.5. The van der Waals surface area contributed by atoms with Crippen molar-refractivity contribution in [3.63, 3.8) is 0 Å². The van der Waals surface area contributed by atoms with Gasteiger partial charge in [0.15, 0.2) is 0 Å². The van der Waals surface area contributed by atoms with Crippen LogP contribution in [0.5, 0.6) is 0 Å². The Hall–Kier alpha value is -1.63. The zero-order valence-corrected chi connectivity index (χ0v) is 16.9. The van der Waals surface area contributed by atoms with Crippen molar-refractivity contribution in [3.05, 3.63) is 35.9 Å². The van der Waals surface area contributed by atoms with Crippen LogP contribution in [-0.2, 0) is 16.0 Å². The van der Waals surface area contributed by atoms with Crippen LogP contribution in [0.3, 0.4) is 0 Å². The fraction of sp³-hybridized carbons (Fsp3) is 0.667. The van der Waals surface area contributed by atoms with Crippen molar-refractivity contribution in [3.8, 4) is 0 Å². The van der Waals surface area contributed by atoms with E-state index in [0.717, 1.165) is 59.0 Å². The van der Waals surface area contributed by atoms with Gasteiger partial charge in [-0.25, -0.2) is 4.79 Å². The van der Waals surface area contributed by atoms with Crippen molar-refractivity contribution in [1.29, 1.82) is 0 Å². The van der Waals surface area contributed by atoms with E-state index in [0.29, 0.717) is 0 Å². The molecule has 0 unspecified atom stereocenters. The second-order valence-electron chi connectivity index (χ2n) is 8.48. The lowest BCUT2D eigenvalue weighted by atomic mass is 10.1. The minimum atomic E-state index is -0.438. The predicted octanol–water partition coefficient (Wildman–Crippen LogP) is 2.44. The Bertz CT molecular complexity index is 594. The molecule has 0 aliphatic carbocycles. The summed E-state index contributed by atoms with van der Waals surface area (Å²) >= 11 is 0. The molecule has 2 heterocycles. The number of piperazine rings is 1. The number of amides is 1. The summed E-state index contributed by atoms with van der Waals surface area (Å²) in [4.78, 5) is 18.9. The van der Waals surface area contributed by atoms with Crippen molar-refractivity contribution in [2.75, 3.05) is 52.4 Å². The molecule has 0 spiro atoms. The first-order valence-electron chi connectivity index (χ1n) is 9.97. The molecule has 1 aromatic rings. The SMILES string of the molecule is CC(C)(C)OC(=O)N1CCN(C[C@H]2CN(Cc3ccccc3)CCO2)CC1. The van der Waals surface area contributed by atoms with Crippen molar-refractivity contribution < 1.29 is 14.3 Å². The van der Waals surface area contributed by atoms with Crippen LogP contribution < -0.4 is 0 Å². The van der Waals surface area contributed by atoms with Crippen molar-refractivity contribution in [2.45, 2.75) is 39.0 Å². The van der Waals surface area contributed by atoms with E-state index < -0.39 is 5.60 Å². The smallest absolute Gasteiger partial charge is 0.410 e. The summed E-state index contributed by atoms with van der Waals surface area (Å²) in [6.07, 6.45) is 0.0284. The first-order chi connectivity index (χ1) is 12.9. The topological polar surface area (TPSA) is 45.2 Å². The lowest BCUT2D eigenvalue weighted by Gasteiger charge is -2.39. The Morgan fingerprint density at radius 3 is 2.44 bits per heavy atom. The molecule has 150 valence electrons. The third kappa shape index (κ3) is 6.48. The van der Waals surface area contributed by atoms with Crippen LogP contribution in [0.25, 0.3) is 0 Å². The monoisotopic (exact) mass is 375 g/mol. The zero-order valence-electron chi connectivity index (χ0n) is 16.9. The molecular weight excluding hydrogens is 342 g/mol. The van der Waals surface area contributed by atoms with E-state index in [-0.39, 0.29) is 12.2 Å². The molecule has 6 nitrogen and oxygen atoms in total. The number of hydrogen-bond donors (Lipinski definition) is 0. The van der Waals surface area contributed by atoms with E-state index in [9.17, 15) is 4.79 Å². The summed E-state index contributed by atoms with van der Waals surface area (Å²) in [6, 6.07) is 10.6. The standard InChI is InChI=1S/C21H33N3O3/c1-21(2,3)27-20(25)24-11-9-22(10-12-24)16-19-17-23(13-14-26-19)15-18-7-5-4-6-8-18/h4-8,19H,9-17H2,1-3H3/t19-/m0/s1. The van der Waals surface area contributed by atoms with E-state index >= 15 is 0 Å². The van der Waals surface area contributed by atoms with Crippen LogP contribution >= 0.6 is 0 Å². The maximum atomic E-state index is 12.2. The first-order valence-corrected chi connectivity index (χ1v) is 9.97. The minimum absolute atomic E-state index is 0.204. The third-order valence-electron chi connectivity index (χ3n) is 4.96. The number of rotatable bonds is 4. The number of morpholine rings is 1. The highest BCUT2D eigenvalue weighted by molar-refractivity contribution is 5.68. The van der Waals surface area contributed by atoms with E-state index in [4.69, 9.17) is 9.47 Å². The van der Waals surface area contributed by atoms with Crippen LogP contribution in [0.4, 0.5) is 4.79 Å². The molecule has 1 atom stereocenters. The fourth-order valence-corrected chi connectivity index (χ4v) is 3.60. The maximum Gasteiger partial charge on any atom is 0.410 e. The summed E-state index contributed by atoms with van der Waals surface area (Å²) in [7, 11) is 0. The van der Waals surface area contributed by atoms with Gasteiger partial charge in [0.1, 0.15) is 5.60 Å². The number of hydrogen-bond acceptors (Lipinski definition) is 5. The number of carbonyl (C=O) groups is 1. The van der Waals surface area contributed by atoms with Crippen LogP contribution in [0.1, 0.15) is 26.3 Å². The molecule has 2 aliphatic rings. The van der Waals surface area contributed by atoms with Gasteiger partial charge >= 0.3 is 6.09 Å². The normalized spacial score (nSPS) is 22.6. The Balaban J connectivity index is 1.41. The van der Waals surface area contributed by atoms with Gasteiger partial charge in [0.05, 0.1) is 12.7 Å². The van der Waals surface area contributed by atoms with Gasteiger partial charge in [-0.05, 0) is 26.3 Å². The number of ether oxygens (including phenoxy) is 2. The molecule has 27 heavy (non-hydrogen) atoms. The second kappa shape index (κ2) is 9.04.